The molecule has 0 unspecified atom stereocenters. The maximum atomic E-state index is 13.0. The lowest BCUT2D eigenvalue weighted by atomic mass is 10.1. The average molecular weight is 452 g/mol. The van der Waals surface area contributed by atoms with Gasteiger partial charge < -0.3 is 14.8 Å². The summed E-state index contributed by atoms with van der Waals surface area (Å²) in [5, 5.41) is 3.45. The zero-order valence-electron chi connectivity index (χ0n) is 15.6. The number of ether oxygens (including phenoxy) is 2. The second-order valence-corrected chi connectivity index (χ2v) is 8.87. The highest BCUT2D eigenvalue weighted by Crippen LogP contribution is 2.40. The molecule has 1 aliphatic rings. The normalized spacial score (nSPS) is 12.8. The Hall–Kier alpha value is -1.86. The number of aryl methyl sites for hydroxylation is 1. The Morgan fingerprint density at radius 1 is 1.30 bits per heavy atom. The molecule has 0 bridgehead atoms. The summed E-state index contributed by atoms with van der Waals surface area (Å²) in [4.78, 5) is 26.4. The monoisotopic (exact) mass is 451 g/mol. The SMILES string of the molecule is COC(=O)c1c(NC(=O)c2cc(Br)ccc2OCC(C)C)sc2c1CCC2. The molecule has 3 rings (SSSR count). The van der Waals surface area contributed by atoms with Crippen molar-refractivity contribution in [1.29, 1.82) is 0 Å². The summed E-state index contributed by atoms with van der Waals surface area (Å²) in [5.41, 5.74) is 1.92. The van der Waals surface area contributed by atoms with Crippen molar-refractivity contribution in [2.75, 3.05) is 19.0 Å². The molecule has 2 aromatic rings. The van der Waals surface area contributed by atoms with E-state index in [2.05, 4.69) is 35.1 Å². The Morgan fingerprint density at radius 3 is 2.78 bits per heavy atom. The molecule has 0 fully saturated rings. The largest absolute Gasteiger partial charge is 0.492 e. The maximum absolute atomic E-state index is 13.0. The molecule has 7 heteroatoms. The molecule has 1 aromatic carbocycles. The van der Waals surface area contributed by atoms with Crippen LogP contribution >= 0.6 is 27.3 Å². The second kappa shape index (κ2) is 8.44. The summed E-state index contributed by atoms with van der Waals surface area (Å²) in [7, 11) is 1.36. The van der Waals surface area contributed by atoms with Gasteiger partial charge in [-0.3, -0.25) is 4.79 Å². The van der Waals surface area contributed by atoms with Gasteiger partial charge in [0.15, 0.2) is 0 Å². The first kappa shape index (κ1) is 19.9. The molecule has 1 heterocycles. The highest BCUT2D eigenvalue weighted by atomic mass is 79.9. The van der Waals surface area contributed by atoms with E-state index in [0.29, 0.717) is 34.4 Å². The molecule has 1 N–H and O–H groups in total. The Labute approximate surface area is 171 Å². The van der Waals surface area contributed by atoms with Gasteiger partial charge in [-0.1, -0.05) is 29.8 Å². The summed E-state index contributed by atoms with van der Waals surface area (Å²) in [6.07, 6.45) is 2.80. The van der Waals surface area contributed by atoms with Gasteiger partial charge in [-0.2, -0.15) is 0 Å². The Morgan fingerprint density at radius 2 is 2.07 bits per heavy atom. The number of thiophene rings is 1. The van der Waals surface area contributed by atoms with Gasteiger partial charge in [-0.15, -0.1) is 11.3 Å². The van der Waals surface area contributed by atoms with E-state index >= 15 is 0 Å². The van der Waals surface area contributed by atoms with Crippen molar-refractivity contribution in [3.8, 4) is 5.75 Å². The number of esters is 1. The molecule has 0 saturated carbocycles. The topological polar surface area (TPSA) is 64.6 Å². The van der Waals surface area contributed by atoms with E-state index in [0.717, 1.165) is 34.2 Å². The smallest absolute Gasteiger partial charge is 0.341 e. The maximum Gasteiger partial charge on any atom is 0.341 e. The highest BCUT2D eigenvalue weighted by molar-refractivity contribution is 9.10. The van der Waals surface area contributed by atoms with E-state index in [1.54, 1.807) is 12.1 Å². The van der Waals surface area contributed by atoms with Gasteiger partial charge in [0, 0.05) is 9.35 Å². The molecule has 0 aliphatic heterocycles. The van der Waals surface area contributed by atoms with E-state index in [1.807, 2.05) is 6.07 Å². The first-order chi connectivity index (χ1) is 12.9. The van der Waals surface area contributed by atoms with Gasteiger partial charge in [-0.25, -0.2) is 4.79 Å². The van der Waals surface area contributed by atoms with Crippen molar-refractivity contribution in [2.45, 2.75) is 33.1 Å². The minimum Gasteiger partial charge on any atom is -0.492 e. The van der Waals surface area contributed by atoms with E-state index in [9.17, 15) is 9.59 Å². The molecule has 144 valence electrons. The third kappa shape index (κ3) is 4.35. The zero-order valence-corrected chi connectivity index (χ0v) is 18.0. The van der Waals surface area contributed by atoms with Crippen LogP contribution in [-0.4, -0.2) is 25.6 Å². The predicted molar refractivity (Wildman–Crippen MR) is 110 cm³/mol. The summed E-state index contributed by atoms with van der Waals surface area (Å²) in [6.45, 7) is 4.62. The van der Waals surface area contributed by atoms with Crippen LogP contribution in [0.4, 0.5) is 5.00 Å². The zero-order chi connectivity index (χ0) is 19.6. The summed E-state index contributed by atoms with van der Waals surface area (Å²) >= 11 is 4.87. The van der Waals surface area contributed by atoms with Crippen LogP contribution in [0.1, 0.15) is 51.4 Å². The number of hydrogen-bond donors (Lipinski definition) is 1. The Balaban J connectivity index is 1.90. The number of halogens is 1. The number of fused-ring (bicyclic) bond motifs is 1. The minimum atomic E-state index is -0.407. The molecular weight excluding hydrogens is 430 g/mol. The van der Waals surface area contributed by atoms with E-state index in [1.165, 1.54) is 18.4 Å². The van der Waals surface area contributed by atoms with Crippen molar-refractivity contribution < 1.29 is 19.1 Å². The molecule has 5 nitrogen and oxygen atoms in total. The predicted octanol–water partition coefficient (Wildman–Crippen LogP) is 5.07. The quantitative estimate of drug-likeness (QED) is 0.622. The molecule has 0 radical (unpaired) electrons. The van der Waals surface area contributed by atoms with Gasteiger partial charge in [0.2, 0.25) is 0 Å². The number of rotatable bonds is 6. The fourth-order valence-electron chi connectivity index (χ4n) is 3.04. The van der Waals surface area contributed by atoms with Gasteiger partial charge in [0.25, 0.3) is 5.91 Å². The Bertz CT molecular complexity index is 875. The molecule has 1 aromatic heterocycles. The molecule has 27 heavy (non-hydrogen) atoms. The van der Waals surface area contributed by atoms with Gasteiger partial charge in [0.05, 0.1) is 24.8 Å². The van der Waals surface area contributed by atoms with Crippen LogP contribution in [0.3, 0.4) is 0 Å². The van der Waals surface area contributed by atoms with Crippen LogP contribution in [0, 0.1) is 5.92 Å². The van der Waals surface area contributed by atoms with E-state index in [-0.39, 0.29) is 5.91 Å². The summed E-state index contributed by atoms with van der Waals surface area (Å²) in [5.74, 6) is 0.152. The lowest BCUT2D eigenvalue weighted by Crippen LogP contribution is -2.16. The lowest BCUT2D eigenvalue weighted by Gasteiger charge is -2.14. The number of methoxy groups -OCH3 is 1. The average Bonchev–Trinajstić information content (AvgIpc) is 3.20. The van der Waals surface area contributed by atoms with Crippen molar-refractivity contribution in [2.24, 2.45) is 5.92 Å². The summed E-state index contributed by atoms with van der Waals surface area (Å²) in [6, 6.07) is 5.34. The number of amides is 1. The van der Waals surface area contributed by atoms with Crippen LogP contribution in [-0.2, 0) is 17.6 Å². The van der Waals surface area contributed by atoms with E-state index < -0.39 is 5.97 Å². The fraction of sp³-hybridized carbons (Fsp3) is 0.400. The first-order valence-corrected chi connectivity index (χ1v) is 10.5. The number of carbonyl (C=O) groups is 2. The number of benzene rings is 1. The van der Waals surface area contributed by atoms with Gasteiger partial charge in [-0.05, 0) is 48.9 Å². The van der Waals surface area contributed by atoms with Gasteiger partial charge >= 0.3 is 5.97 Å². The molecular formula is C20H22BrNO4S. The Kier molecular flexibility index (Phi) is 6.22. The fourth-order valence-corrected chi connectivity index (χ4v) is 4.68. The molecule has 0 spiro atoms. The second-order valence-electron chi connectivity index (χ2n) is 6.85. The van der Waals surface area contributed by atoms with Crippen LogP contribution in [0.5, 0.6) is 5.75 Å². The van der Waals surface area contributed by atoms with Crippen LogP contribution < -0.4 is 10.1 Å². The molecule has 0 atom stereocenters. The van der Waals surface area contributed by atoms with Crippen LogP contribution in [0.25, 0.3) is 0 Å². The van der Waals surface area contributed by atoms with Crippen molar-refractivity contribution in [3.05, 3.63) is 44.2 Å². The first-order valence-electron chi connectivity index (χ1n) is 8.87. The minimum absolute atomic E-state index is 0.305. The van der Waals surface area contributed by atoms with Crippen LogP contribution in [0.15, 0.2) is 22.7 Å². The van der Waals surface area contributed by atoms with Crippen molar-refractivity contribution in [1.82, 2.24) is 0 Å². The third-order valence-corrected chi connectivity index (χ3v) is 6.00. The lowest BCUT2D eigenvalue weighted by molar-refractivity contribution is 0.0601. The summed E-state index contributed by atoms with van der Waals surface area (Å²) < 4.78 is 11.5. The number of anilines is 1. The number of nitrogens with one attached hydrogen (secondary N) is 1. The van der Waals surface area contributed by atoms with Crippen molar-refractivity contribution >= 4 is 44.1 Å². The van der Waals surface area contributed by atoms with Gasteiger partial charge in [0.1, 0.15) is 10.8 Å². The number of carbonyl (C=O) groups excluding carboxylic acids is 2. The van der Waals surface area contributed by atoms with Crippen molar-refractivity contribution in [3.63, 3.8) is 0 Å². The molecule has 1 amide bonds. The molecule has 0 saturated heterocycles. The number of hydrogen-bond acceptors (Lipinski definition) is 5. The molecule has 1 aliphatic carbocycles. The highest BCUT2D eigenvalue weighted by Gasteiger charge is 2.28. The third-order valence-electron chi connectivity index (χ3n) is 4.30. The standard InChI is InChI=1S/C20H22BrNO4S/c1-11(2)10-26-15-8-7-12(21)9-14(15)18(23)22-19-17(20(24)25-3)13-5-4-6-16(13)27-19/h7-9,11H,4-6,10H2,1-3H3,(H,22,23). The van der Waals surface area contributed by atoms with E-state index in [4.69, 9.17) is 9.47 Å². The van der Waals surface area contributed by atoms with Crippen LogP contribution in [0.2, 0.25) is 0 Å².